The van der Waals surface area contributed by atoms with E-state index in [0.29, 0.717) is 6.54 Å². The van der Waals surface area contributed by atoms with Crippen LogP contribution in [0.3, 0.4) is 0 Å². The number of aliphatic hydroxyl groups is 1. The molecule has 0 heterocycles. The Morgan fingerprint density at radius 3 is 2.58 bits per heavy atom. The van der Waals surface area contributed by atoms with Crippen molar-refractivity contribution < 1.29 is 5.11 Å². The largest absolute Gasteiger partial charge is 0.387 e. The highest BCUT2D eigenvalue weighted by Crippen LogP contribution is 2.27. The molecule has 2 nitrogen and oxygen atoms in total. The van der Waals surface area contributed by atoms with Gasteiger partial charge in [-0.25, -0.2) is 0 Å². The van der Waals surface area contributed by atoms with E-state index in [9.17, 15) is 5.11 Å². The first-order valence-electron chi connectivity index (χ1n) is 6.74. The first-order chi connectivity index (χ1) is 9.15. The summed E-state index contributed by atoms with van der Waals surface area (Å²) in [6.45, 7) is 6.78. The lowest BCUT2D eigenvalue weighted by Gasteiger charge is -2.23. The molecule has 0 radical (unpaired) electrons. The summed E-state index contributed by atoms with van der Waals surface area (Å²) in [5.74, 6) is 0. The molecule has 0 saturated heterocycles. The summed E-state index contributed by atoms with van der Waals surface area (Å²) in [6.07, 6.45) is -0.468. The van der Waals surface area contributed by atoms with Crippen LogP contribution >= 0.6 is 11.6 Å². The predicted octanol–water partition coefficient (Wildman–Crippen LogP) is 3.87. The molecule has 0 aromatic heterocycles. The first kappa shape index (κ1) is 14.3. The van der Waals surface area contributed by atoms with Gasteiger partial charge in [-0.3, -0.25) is 0 Å². The van der Waals surface area contributed by atoms with Gasteiger partial charge in [0.2, 0.25) is 0 Å². The molecule has 0 aliphatic heterocycles. The second-order valence-electron chi connectivity index (χ2n) is 4.71. The Kier molecular flexibility index (Phi) is 4.81. The SMILES string of the molecule is CCN(CC)CC(O)c1cccc2cc(Cl)ccc12. The normalized spacial score (nSPS) is 13.1. The Balaban J connectivity index is 2.34. The molecule has 19 heavy (non-hydrogen) atoms. The van der Waals surface area contributed by atoms with E-state index in [-0.39, 0.29) is 0 Å². The van der Waals surface area contributed by atoms with Crippen molar-refractivity contribution in [1.82, 2.24) is 4.90 Å². The van der Waals surface area contributed by atoms with Crippen molar-refractivity contribution in [2.75, 3.05) is 19.6 Å². The topological polar surface area (TPSA) is 23.5 Å². The summed E-state index contributed by atoms with van der Waals surface area (Å²) < 4.78 is 0. The van der Waals surface area contributed by atoms with Crippen molar-refractivity contribution in [3.05, 3.63) is 47.0 Å². The number of halogens is 1. The minimum atomic E-state index is -0.468. The summed E-state index contributed by atoms with van der Waals surface area (Å²) in [7, 11) is 0. The molecule has 1 N–H and O–H groups in total. The summed E-state index contributed by atoms with van der Waals surface area (Å²) >= 11 is 6.01. The molecule has 0 aliphatic carbocycles. The van der Waals surface area contributed by atoms with Crippen LogP contribution in [0.25, 0.3) is 10.8 Å². The Bertz CT molecular complexity index is 551. The van der Waals surface area contributed by atoms with Crippen LogP contribution in [0.15, 0.2) is 36.4 Å². The van der Waals surface area contributed by atoms with Crippen LogP contribution in [0.5, 0.6) is 0 Å². The summed E-state index contributed by atoms with van der Waals surface area (Å²) in [6, 6.07) is 11.8. The lowest BCUT2D eigenvalue weighted by atomic mass is 10.00. The third-order valence-corrected chi connectivity index (χ3v) is 3.80. The zero-order valence-corrected chi connectivity index (χ0v) is 12.2. The van der Waals surface area contributed by atoms with Crippen molar-refractivity contribution in [2.45, 2.75) is 20.0 Å². The maximum absolute atomic E-state index is 10.4. The fraction of sp³-hybridized carbons (Fsp3) is 0.375. The number of rotatable bonds is 5. The minimum Gasteiger partial charge on any atom is -0.387 e. The molecule has 1 unspecified atom stereocenters. The summed E-state index contributed by atoms with van der Waals surface area (Å²) in [5, 5.41) is 13.3. The molecule has 0 aliphatic rings. The van der Waals surface area contributed by atoms with E-state index in [1.54, 1.807) is 0 Å². The molecular formula is C16H20ClNO. The summed E-state index contributed by atoms with van der Waals surface area (Å²) in [4.78, 5) is 2.22. The molecule has 1 atom stereocenters. The number of aliphatic hydroxyl groups excluding tert-OH is 1. The minimum absolute atomic E-state index is 0.468. The Hall–Kier alpha value is -1.09. The molecule has 0 saturated carbocycles. The number of hydrogen-bond acceptors (Lipinski definition) is 2. The highest BCUT2D eigenvalue weighted by atomic mass is 35.5. The molecule has 102 valence electrons. The van der Waals surface area contributed by atoms with Crippen molar-refractivity contribution >= 4 is 22.4 Å². The van der Waals surface area contributed by atoms with Gasteiger partial charge in [-0.1, -0.05) is 49.7 Å². The smallest absolute Gasteiger partial charge is 0.0922 e. The van der Waals surface area contributed by atoms with Gasteiger partial charge in [0.15, 0.2) is 0 Å². The lowest BCUT2D eigenvalue weighted by Crippen LogP contribution is -2.28. The molecule has 0 fully saturated rings. The number of fused-ring (bicyclic) bond motifs is 1. The van der Waals surface area contributed by atoms with Gasteiger partial charge in [0.1, 0.15) is 0 Å². The highest BCUT2D eigenvalue weighted by molar-refractivity contribution is 6.31. The van der Waals surface area contributed by atoms with Crippen LogP contribution in [-0.2, 0) is 0 Å². The van der Waals surface area contributed by atoms with Crippen LogP contribution < -0.4 is 0 Å². The first-order valence-corrected chi connectivity index (χ1v) is 7.12. The second kappa shape index (κ2) is 6.38. The van der Waals surface area contributed by atoms with Crippen LogP contribution in [0.1, 0.15) is 25.5 Å². The second-order valence-corrected chi connectivity index (χ2v) is 5.15. The zero-order chi connectivity index (χ0) is 13.8. The van der Waals surface area contributed by atoms with Gasteiger partial charge in [-0.05, 0) is 41.6 Å². The van der Waals surface area contributed by atoms with Crippen LogP contribution in [0, 0.1) is 0 Å². The third kappa shape index (κ3) is 3.27. The average molecular weight is 278 g/mol. The average Bonchev–Trinajstić information content (AvgIpc) is 2.43. The Morgan fingerprint density at radius 1 is 1.16 bits per heavy atom. The van der Waals surface area contributed by atoms with E-state index in [1.807, 2.05) is 36.4 Å². The predicted molar refractivity (Wildman–Crippen MR) is 81.7 cm³/mol. The quantitative estimate of drug-likeness (QED) is 0.897. The molecular weight excluding hydrogens is 258 g/mol. The standard InChI is InChI=1S/C16H20ClNO/c1-3-18(4-2)11-16(19)15-7-5-6-12-10-13(17)8-9-14(12)15/h5-10,16,19H,3-4,11H2,1-2H3. The molecule has 2 aromatic rings. The maximum atomic E-state index is 10.4. The molecule has 3 heteroatoms. The lowest BCUT2D eigenvalue weighted by molar-refractivity contribution is 0.120. The fourth-order valence-corrected chi connectivity index (χ4v) is 2.58. The molecule has 0 bridgehead atoms. The van der Waals surface area contributed by atoms with Gasteiger partial charge in [-0.15, -0.1) is 0 Å². The maximum Gasteiger partial charge on any atom is 0.0922 e. The van der Waals surface area contributed by atoms with Gasteiger partial charge in [0, 0.05) is 11.6 Å². The molecule has 2 aromatic carbocycles. The fourth-order valence-electron chi connectivity index (χ4n) is 2.39. The summed E-state index contributed by atoms with van der Waals surface area (Å²) in [5.41, 5.74) is 0.973. The van der Waals surface area contributed by atoms with Gasteiger partial charge in [-0.2, -0.15) is 0 Å². The number of hydrogen-bond donors (Lipinski definition) is 1. The van der Waals surface area contributed by atoms with Gasteiger partial charge >= 0.3 is 0 Å². The van der Waals surface area contributed by atoms with Gasteiger partial charge in [0.05, 0.1) is 6.10 Å². The van der Waals surface area contributed by atoms with Crippen molar-refractivity contribution in [3.63, 3.8) is 0 Å². The highest BCUT2D eigenvalue weighted by Gasteiger charge is 2.14. The van der Waals surface area contributed by atoms with E-state index in [1.165, 1.54) is 0 Å². The van der Waals surface area contributed by atoms with E-state index in [4.69, 9.17) is 11.6 Å². The zero-order valence-electron chi connectivity index (χ0n) is 11.4. The van der Waals surface area contributed by atoms with Crippen molar-refractivity contribution in [1.29, 1.82) is 0 Å². The van der Waals surface area contributed by atoms with E-state index in [0.717, 1.165) is 34.4 Å². The monoisotopic (exact) mass is 277 g/mol. The van der Waals surface area contributed by atoms with Crippen LogP contribution in [0.4, 0.5) is 0 Å². The van der Waals surface area contributed by atoms with Crippen LogP contribution in [-0.4, -0.2) is 29.6 Å². The Labute approximate surface area is 119 Å². The van der Waals surface area contributed by atoms with Crippen molar-refractivity contribution in [3.8, 4) is 0 Å². The Morgan fingerprint density at radius 2 is 1.89 bits per heavy atom. The van der Waals surface area contributed by atoms with Crippen LogP contribution in [0.2, 0.25) is 5.02 Å². The number of likely N-dealkylation sites (N-methyl/N-ethyl adjacent to an activating group) is 1. The molecule has 2 rings (SSSR count). The van der Waals surface area contributed by atoms with Crippen molar-refractivity contribution in [2.24, 2.45) is 0 Å². The van der Waals surface area contributed by atoms with E-state index < -0.39 is 6.10 Å². The van der Waals surface area contributed by atoms with Gasteiger partial charge < -0.3 is 10.0 Å². The van der Waals surface area contributed by atoms with E-state index >= 15 is 0 Å². The number of benzene rings is 2. The molecule has 0 spiro atoms. The van der Waals surface area contributed by atoms with Gasteiger partial charge in [0.25, 0.3) is 0 Å². The third-order valence-electron chi connectivity index (χ3n) is 3.56. The molecule has 0 amide bonds. The number of nitrogens with zero attached hydrogens (tertiary/aromatic N) is 1. The van der Waals surface area contributed by atoms with E-state index in [2.05, 4.69) is 18.7 Å².